The summed E-state index contributed by atoms with van der Waals surface area (Å²) in [6, 6.07) is 6.14. The molecule has 0 N–H and O–H groups in total. The van der Waals surface area contributed by atoms with Crippen LogP contribution in [0.2, 0.25) is 0 Å². The fourth-order valence-corrected chi connectivity index (χ4v) is 5.69. The summed E-state index contributed by atoms with van der Waals surface area (Å²) in [5, 5.41) is 9.44. The number of piperidine rings is 1. The Morgan fingerprint density at radius 3 is 2.29 bits per heavy atom. The first kappa shape index (κ1) is 26.0. The number of piperazine rings is 1. The first-order chi connectivity index (χ1) is 18.1. The van der Waals surface area contributed by atoms with E-state index in [-0.39, 0.29) is 29.1 Å². The topological polar surface area (TPSA) is 87.8 Å². The number of carbonyl (C=O) groups excluding carboxylic acids is 1. The van der Waals surface area contributed by atoms with E-state index in [1.165, 1.54) is 6.08 Å². The zero-order valence-electron chi connectivity index (χ0n) is 22.5. The summed E-state index contributed by atoms with van der Waals surface area (Å²) in [5.74, 6) is 0.999. The third-order valence-corrected chi connectivity index (χ3v) is 8.30. The molecule has 4 aliphatic rings. The highest BCUT2D eigenvalue weighted by Gasteiger charge is 2.47. The van der Waals surface area contributed by atoms with Gasteiger partial charge in [-0.3, -0.25) is 14.5 Å². The number of halogens is 1. The van der Waals surface area contributed by atoms with Gasteiger partial charge >= 0.3 is 0 Å². The molecule has 0 radical (unpaired) electrons. The number of aromatic nitrogens is 1. The molecule has 1 saturated carbocycles. The van der Waals surface area contributed by atoms with Gasteiger partial charge in [-0.2, -0.15) is 5.26 Å². The molecule has 1 amide bonds. The van der Waals surface area contributed by atoms with Crippen LogP contribution in [0.25, 0.3) is 11.1 Å². The minimum absolute atomic E-state index is 0.0206. The van der Waals surface area contributed by atoms with Gasteiger partial charge in [-0.25, -0.2) is 4.39 Å². The lowest BCUT2D eigenvalue weighted by molar-refractivity contribution is -0.140. The first-order valence-corrected chi connectivity index (χ1v) is 12.9. The summed E-state index contributed by atoms with van der Waals surface area (Å²) in [6.45, 7) is 5.35. The fraction of sp³-hybridized carbons (Fsp3) is 0.483. The molecule has 2 bridgehead atoms. The van der Waals surface area contributed by atoms with Crippen LogP contribution in [0.4, 0.5) is 4.39 Å². The van der Waals surface area contributed by atoms with Crippen LogP contribution >= 0.6 is 0 Å². The smallest absolute Gasteiger partial charge is 0.264 e. The van der Waals surface area contributed by atoms with E-state index in [2.05, 4.69) is 4.90 Å². The van der Waals surface area contributed by atoms with Crippen molar-refractivity contribution in [2.24, 2.45) is 7.05 Å². The zero-order valence-corrected chi connectivity index (χ0v) is 22.5. The first-order valence-electron chi connectivity index (χ1n) is 12.9. The van der Waals surface area contributed by atoms with E-state index < -0.39 is 5.67 Å². The van der Waals surface area contributed by atoms with Crippen molar-refractivity contribution in [2.45, 2.75) is 57.4 Å². The zero-order chi connectivity index (χ0) is 27.4. The van der Waals surface area contributed by atoms with E-state index >= 15 is 0 Å². The maximum absolute atomic E-state index is 14.2. The number of rotatable bonds is 7. The number of nitriles is 1. The molecule has 0 spiro atoms. The molecule has 2 unspecified atom stereocenters. The number of methoxy groups -OCH3 is 2. The summed E-state index contributed by atoms with van der Waals surface area (Å²) in [5.41, 5.74) is 2.76. The number of aryl methyl sites for hydroxylation is 1. The maximum atomic E-state index is 14.2. The average molecular weight is 521 g/mol. The second kappa shape index (κ2) is 9.59. The van der Waals surface area contributed by atoms with Crippen molar-refractivity contribution in [3.63, 3.8) is 0 Å². The van der Waals surface area contributed by atoms with Crippen molar-refractivity contribution in [1.29, 1.82) is 5.26 Å². The largest absolute Gasteiger partial charge is 0.496 e. The molecule has 2 aromatic rings. The third kappa shape index (κ3) is 4.47. The van der Waals surface area contributed by atoms with Crippen LogP contribution in [0, 0.1) is 25.2 Å². The highest BCUT2D eigenvalue weighted by molar-refractivity contribution is 5.97. The molecule has 6 rings (SSSR count). The minimum Gasteiger partial charge on any atom is -0.496 e. The lowest BCUT2D eigenvalue weighted by atomic mass is 9.86. The van der Waals surface area contributed by atoms with Crippen molar-refractivity contribution in [2.75, 3.05) is 27.3 Å². The van der Waals surface area contributed by atoms with Crippen molar-refractivity contribution >= 4 is 5.91 Å². The number of alkyl halides is 1. The monoisotopic (exact) mass is 520 g/mol. The van der Waals surface area contributed by atoms with E-state index in [0.717, 1.165) is 28.7 Å². The Labute approximate surface area is 221 Å². The van der Waals surface area contributed by atoms with Gasteiger partial charge in [-0.15, -0.1) is 0 Å². The van der Waals surface area contributed by atoms with E-state index in [9.17, 15) is 19.2 Å². The van der Waals surface area contributed by atoms with Crippen molar-refractivity contribution in [3.05, 3.63) is 57.0 Å². The SMILES string of the molecule is COc1cc(-c2cn(C)c(=O)c(C)c2C)cc(OC)c1CN1C2CC1CN(C(=O)/C(C#N)=C/C1(F)CC1)C2. The van der Waals surface area contributed by atoms with Gasteiger partial charge in [0.2, 0.25) is 0 Å². The number of carbonyl (C=O) groups is 1. The second-order valence-electron chi connectivity index (χ2n) is 10.7. The number of allylic oxidation sites excluding steroid dienone is 1. The molecule has 4 fully saturated rings. The van der Waals surface area contributed by atoms with Crippen LogP contribution in [0.1, 0.15) is 36.0 Å². The lowest BCUT2D eigenvalue weighted by Crippen LogP contribution is -2.68. The number of pyridine rings is 1. The van der Waals surface area contributed by atoms with E-state index in [4.69, 9.17) is 9.47 Å². The van der Waals surface area contributed by atoms with Crippen LogP contribution in [0.15, 0.2) is 34.8 Å². The molecule has 8 nitrogen and oxygen atoms in total. The van der Waals surface area contributed by atoms with Crippen LogP contribution in [0.5, 0.6) is 11.5 Å². The Balaban J connectivity index is 1.37. The van der Waals surface area contributed by atoms with Gasteiger partial charge in [0.1, 0.15) is 28.8 Å². The van der Waals surface area contributed by atoms with E-state index in [0.29, 0.717) is 49.5 Å². The quantitative estimate of drug-likeness (QED) is 0.411. The highest BCUT2D eigenvalue weighted by atomic mass is 19.1. The van der Waals surface area contributed by atoms with Crippen molar-refractivity contribution in [3.8, 4) is 28.7 Å². The molecular formula is C29H33FN4O4. The molecule has 200 valence electrons. The summed E-state index contributed by atoms with van der Waals surface area (Å²) in [4.78, 5) is 29.3. The number of amides is 1. The summed E-state index contributed by atoms with van der Waals surface area (Å²) in [6.07, 6.45) is 4.74. The second-order valence-corrected chi connectivity index (χ2v) is 10.7. The number of nitrogens with zero attached hydrogens (tertiary/aromatic N) is 4. The van der Waals surface area contributed by atoms with Crippen LogP contribution in [-0.4, -0.2) is 65.3 Å². The number of hydrogen-bond acceptors (Lipinski definition) is 6. The molecule has 38 heavy (non-hydrogen) atoms. The Hall–Kier alpha value is -3.64. The highest BCUT2D eigenvalue weighted by Crippen LogP contribution is 2.43. The maximum Gasteiger partial charge on any atom is 0.264 e. The number of fused-ring (bicyclic) bond motifs is 2. The van der Waals surface area contributed by atoms with Gasteiger partial charge < -0.3 is 18.9 Å². The Morgan fingerprint density at radius 2 is 1.76 bits per heavy atom. The van der Waals surface area contributed by atoms with Gasteiger partial charge in [0.05, 0.1) is 19.8 Å². The summed E-state index contributed by atoms with van der Waals surface area (Å²) >= 11 is 0. The lowest BCUT2D eigenvalue weighted by Gasteiger charge is -2.56. The predicted octanol–water partition coefficient (Wildman–Crippen LogP) is 3.42. The fourth-order valence-electron chi connectivity index (χ4n) is 5.69. The Kier molecular flexibility index (Phi) is 6.56. The van der Waals surface area contributed by atoms with Crippen molar-refractivity contribution in [1.82, 2.24) is 14.4 Å². The van der Waals surface area contributed by atoms with Gasteiger partial charge in [-0.05, 0) is 62.4 Å². The Bertz CT molecular complexity index is 1400. The molecule has 1 aromatic carbocycles. The normalized spacial score (nSPS) is 21.9. The minimum atomic E-state index is -1.49. The van der Waals surface area contributed by atoms with Crippen LogP contribution in [0.3, 0.4) is 0 Å². The molecular weight excluding hydrogens is 487 g/mol. The van der Waals surface area contributed by atoms with Gasteiger partial charge in [0.15, 0.2) is 0 Å². The molecule has 1 aliphatic carbocycles. The van der Waals surface area contributed by atoms with E-state index in [1.807, 2.05) is 38.2 Å². The molecule has 2 atom stereocenters. The number of hydrogen-bond donors (Lipinski definition) is 0. The van der Waals surface area contributed by atoms with Crippen LogP contribution < -0.4 is 15.0 Å². The predicted molar refractivity (Wildman–Crippen MR) is 141 cm³/mol. The number of benzene rings is 1. The molecule has 3 aliphatic heterocycles. The van der Waals surface area contributed by atoms with Gasteiger partial charge in [0, 0.05) is 56.1 Å². The molecule has 3 saturated heterocycles. The van der Waals surface area contributed by atoms with Crippen molar-refractivity contribution < 1.29 is 18.7 Å². The van der Waals surface area contributed by atoms with Crippen LogP contribution in [-0.2, 0) is 18.4 Å². The van der Waals surface area contributed by atoms with E-state index in [1.54, 1.807) is 30.7 Å². The number of ether oxygens (including phenoxy) is 2. The van der Waals surface area contributed by atoms with Gasteiger partial charge in [0.25, 0.3) is 11.5 Å². The molecule has 9 heteroatoms. The summed E-state index contributed by atoms with van der Waals surface area (Å²) in [7, 11) is 5.01. The Morgan fingerprint density at radius 1 is 1.16 bits per heavy atom. The summed E-state index contributed by atoms with van der Waals surface area (Å²) < 4.78 is 27.4. The average Bonchev–Trinajstić information content (AvgIpc) is 3.66. The third-order valence-electron chi connectivity index (χ3n) is 8.30. The standard InChI is InChI=1S/C29H33FN4O4/c1-17-18(2)27(35)32(3)15-23(17)19-8-25(37-4)24(26(9-19)38-5)16-34-21-10-22(34)14-33(13-21)28(36)20(12-31)11-29(30)6-7-29/h8-9,11,15,21-22H,6-7,10,13-14,16H2,1-5H3/b20-11+. The molecule has 1 aromatic heterocycles. The van der Waals surface area contributed by atoms with Gasteiger partial charge in [-0.1, -0.05) is 0 Å². The molecule has 4 heterocycles.